The topological polar surface area (TPSA) is 32.8 Å². The molecule has 1 fully saturated rings. The Balaban J connectivity index is 1.47. The summed E-state index contributed by atoms with van der Waals surface area (Å²) in [6, 6.07) is 19.1. The minimum atomic E-state index is 0.231. The average molecular weight is 338 g/mol. The molecule has 1 aliphatic rings. The van der Waals surface area contributed by atoms with Gasteiger partial charge in [-0.15, -0.1) is 0 Å². The first-order valence-corrected chi connectivity index (χ1v) is 8.91. The Morgan fingerprint density at radius 2 is 1.64 bits per heavy atom. The number of morpholine rings is 1. The summed E-state index contributed by atoms with van der Waals surface area (Å²) >= 11 is 0. The number of nitrogens with zero attached hydrogens (tertiary/aromatic N) is 2. The number of hydrogen-bond acceptors (Lipinski definition) is 3. The van der Waals surface area contributed by atoms with Crippen molar-refractivity contribution in [2.24, 2.45) is 0 Å². The number of rotatable bonds is 6. The maximum atomic E-state index is 12.2. The van der Waals surface area contributed by atoms with Gasteiger partial charge < -0.3 is 14.5 Å². The van der Waals surface area contributed by atoms with Gasteiger partial charge in [-0.25, -0.2) is 0 Å². The fourth-order valence-electron chi connectivity index (χ4n) is 3.08. The van der Waals surface area contributed by atoms with E-state index in [9.17, 15) is 4.79 Å². The molecule has 1 saturated heterocycles. The van der Waals surface area contributed by atoms with Crippen LogP contribution in [-0.2, 0) is 16.1 Å². The van der Waals surface area contributed by atoms with E-state index in [1.807, 2.05) is 11.0 Å². The minimum absolute atomic E-state index is 0.231. The van der Waals surface area contributed by atoms with Gasteiger partial charge in [0.2, 0.25) is 5.91 Å². The highest BCUT2D eigenvalue weighted by Crippen LogP contribution is 2.19. The molecule has 0 bridgehead atoms. The van der Waals surface area contributed by atoms with Crippen molar-refractivity contribution in [3.63, 3.8) is 0 Å². The SMILES string of the molecule is CN(CCC(=O)N1CCOCC1)Cc1ccc(-c2ccccc2)cc1. The molecule has 0 unspecified atom stereocenters. The summed E-state index contributed by atoms with van der Waals surface area (Å²) in [5, 5.41) is 0. The van der Waals surface area contributed by atoms with E-state index in [1.165, 1.54) is 16.7 Å². The molecule has 0 N–H and O–H groups in total. The van der Waals surface area contributed by atoms with Crippen molar-refractivity contribution >= 4 is 5.91 Å². The van der Waals surface area contributed by atoms with Crippen LogP contribution in [0.1, 0.15) is 12.0 Å². The Morgan fingerprint density at radius 3 is 2.32 bits per heavy atom. The van der Waals surface area contributed by atoms with Gasteiger partial charge in [-0.3, -0.25) is 4.79 Å². The predicted molar refractivity (Wildman–Crippen MR) is 100 cm³/mol. The average Bonchev–Trinajstić information content (AvgIpc) is 2.68. The van der Waals surface area contributed by atoms with Gasteiger partial charge in [-0.05, 0) is 23.7 Å². The zero-order valence-electron chi connectivity index (χ0n) is 14.9. The third kappa shape index (κ3) is 5.15. The van der Waals surface area contributed by atoms with E-state index < -0.39 is 0 Å². The Bertz CT molecular complexity index is 664. The number of benzene rings is 2. The molecule has 1 aliphatic heterocycles. The smallest absolute Gasteiger partial charge is 0.224 e. The van der Waals surface area contributed by atoms with Gasteiger partial charge in [0, 0.05) is 32.6 Å². The lowest BCUT2D eigenvalue weighted by Gasteiger charge is -2.27. The van der Waals surface area contributed by atoms with Crippen molar-refractivity contribution in [3.8, 4) is 11.1 Å². The number of carbonyl (C=O) groups excluding carboxylic acids is 1. The third-order valence-corrected chi connectivity index (χ3v) is 4.58. The molecule has 0 saturated carbocycles. The fourth-order valence-corrected chi connectivity index (χ4v) is 3.08. The second kappa shape index (κ2) is 8.79. The standard InChI is InChI=1S/C21H26N2O2/c1-22(12-11-21(24)23-13-15-25-16-14-23)17-18-7-9-20(10-8-18)19-5-3-2-4-6-19/h2-10H,11-17H2,1H3. The summed E-state index contributed by atoms with van der Waals surface area (Å²) < 4.78 is 5.29. The number of ether oxygens (including phenoxy) is 1. The Morgan fingerprint density at radius 1 is 1.00 bits per heavy atom. The maximum Gasteiger partial charge on any atom is 0.224 e. The Labute approximate surface area is 150 Å². The highest BCUT2D eigenvalue weighted by atomic mass is 16.5. The highest BCUT2D eigenvalue weighted by molar-refractivity contribution is 5.76. The molecule has 2 aromatic carbocycles. The fraction of sp³-hybridized carbons (Fsp3) is 0.381. The lowest BCUT2D eigenvalue weighted by Crippen LogP contribution is -2.41. The Hall–Kier alpha value is -2.17. The van der Waals surface area contributed by atoms with Gasteiger partial charge >= 0.3 is 0 Å². The summed E-state index contributed by atoms with van der Waals surface area (Å²) in [4.78, 5) is 16.3. The predicted octanol–water partition coefficient (Wildman–Crippen LogP) is 3.03. The van der Waals surface area contributed by atoms with E-state index in [4.69, 9.17) is 4.74 Å². The van der Waals surface area contributed by atoms with Crippen LogP contribution in [0.5, 0.6) is 0 Å². The van der Waals surface area contributed by atoms with Crippen LogP contribution in [0.4, 0.5) is 0 Å². The molecule has 25 heavy (non-hydrogen) atoms. The van der Waals surface area contributed by atoms with Crippen molar-refractivity contribution in [1.82, 2.24) is 9.80 Å². The van der Waals surface area contributed by atoms with Crippen molar-refractivity contribution in [2.45, 2.75) is 13.0 Å². The molecule has 1 heterocycles. The molecule has 132 valence electrons. The molecule has 2 aromatic rings. The van der Waals surface area contributed by atoms with Gasteiger partial charge in [-0.2, -0.15) is 0 Å². The van der Waals surface area contributed by atoms with Crippen LogP contribution in [0.15, 0.2) is 54.6 Å². The number of carbonyl (C=O) groups is 1. The van der Waals surface area contributed by atoms with E-state index in [1.54, 1.807) is 0 Å². The van der Waals surface area contributed by atoms with Crippen molar-refractivity contribution in [1.29, 1.82) is 0 Å². The zero-order chi connectivity index (χ0) is 17.5. The van der Waals surface area contributed by atoms with Crippen LogP contribution in [-0.4, -0.2) is 55.6 Å². The summed E-state index contributed by atoms with van der Waals surface area (Å²) in [6.07, 6.45) is 0.568. The van der Waals surface area contributed by atoms with E-state index in [0.29, 0.717) is 19.6 Å². The molecule has 0 spiro atoms. The van der Waals surface area contributed by atoms with Crippen molar-refractivity contribution in [3.05, 3.63) is 60.2 Å². The lowest BCUT2D eigenvalue weighted by atomic mass is 10.0. The molecular weight excluding hydrogens is 312 g/mol. The monoisotopic (exact) mass is 338 g/mol. The second-order valence-electron chi connectivity index (χ2n) is 6.54. The van der Waals surface area contributed by atoms with Crippen LogP contribution in [0.3, 0.4) is 0 Å². The number of amides is 1. The van der Waals surface area contributed by atoms with Crippen LogP contribution >= 0.6 is 0 Å². The van der Waals surface area contributed by atoms with Crippen molar-refractivity contribution < 1.29 is 9.53 Å². The molecule has 0 aliphatic carbocycles. The molecule has 4 nitrogen and oxygen atoms in total. The summed E-state index contributed by atoms with van der Waals surface area (Å²) in [5.41, 5.74) is 3.73. The lowest BCUT2D eigenvalue weighted by molar-refractivity contribution is -0.135. The molecule has 4 heteroatoms. The minimum Gasteiger partial charge on any atom is -0.378 e. The first kappa shape index (κ1) is 17.6. The van der Waals surface area contributed by atoms with Crippen LogP contribution in [0.25, 0.3) is 11.1 Å². The summed E-state index contributed by atoms with van der Waals surface area (Å²) in [5.74, 6) is 0.231. The van der Waals surface area contributed by atoms with E-state index in [-0.39, 0.29) is 5.91 Å². The van der Waals surface area contributed by atoms with E-state index in [0.717, 1.165) is 26.2 Å². The summed E-state index contributed by atoms with van der Waals surface area (Å²) in [6.45, 7) is 4.40. The Kier molecular flexibility index (Phi) is 6.20. The van der Waals surface area contributed by atoms with E-state index >= 15 is 0 Å². The second-order valence-corrected chi connectivity index (χ2v) is 6.54. The molecule has 0 radical (unpaired) electrons. The van der Waals surface area contributed by atoms with Gasteiger partial charge in [-0.1, -0.05) is 54.6 Å². The highest BCUT2D eigenvalue weighted by Gasteiger charge is 2.16. The number of hydrogen-bond donors (Lipinski definition) is 0. The molecule has 0 atom stereocenters. The third-order valence-electron chi connectivity index (χ3n) is 4.58. The summed E-state index contributed by atoms with van der Waals surface area (Å²) in [7, 11) is 2.07. The largest absolute Gasteiger partial charge is 0.378 e. The van der Waals surface area contributed by atoms with Crippen LogP contribution in [0, 0.1) is 0 Å². The van der Waals surface area contributed by atoms with Gasteiger partial charge in [0.15, 0.2) is 0 Å². The van der Waals surface area contributed by atoms with Crippen LogP contribution in [0.2, 0.25) is 0 Å². The van der Waals surface area contributed by atoms with Crippen molar-refractivity contribution in [2.75, 3.05) is 39.9 Å². The quantitative estimate of drug-likeness (QED) is 0.812. The van der Waals surface area contributed by atoms with Gasteiger partial charge in [0.1, 0.15) is 0 Å². The van der Waals surface area contributed by atoms with Crippen LogP contribution < -0.4 is 0 Å². The molecule has 3 rings (SSSR count). The molecule has 1 amide bonds. The first-order chi connectivity index (χ1) is 12.2. The van der Waals surface area contributed by atoms with Gasteiger partial charge in [0.05, 0.1) is 13.2 Å². The maximum absolute atomic E-state index is 12.2. The van der Waals surface area contributed by atoms with Gasteiger partial charge in [0.25, 0.3) is 0 Å². The normalized spacial score (nSPS) is 14.7. The first-order valence-electron chi connectivity index (χ1n) is 8.91. The molecular formula is C21H26N2O2. The van der Waals surface area contributed by atoms with E-state index in [2.05, 4.69) is 60.5 Å². The zero-order valence-corrected chi connectivity index (χ0v) is 14.9. The molecule has 0 aromatic heterocycles.